The second-order valence-corrected chi connectivity index (χ2v) is 6.57. The van der Waals surface area contributed by atoms with E-state index in [-0.39, 0.29) is 5.91 Å². The van der Waals surface area contributed by atoms with Crippen LogP contribution >= 0.6 is 11.6 Å². The van der Waals surface area contributed by atoms with Crippen molar-refractivity contribution in [1.29, 1.82) is 0 Å². The Morgan fingerprint density at radius 3 is 2.68 bits per heavy atom. The molecule has 128 valence electrons. The van der Waals surface area contributed by atoms with Gasteiger partial charge in [-0.1, -0.05) is 41.9 Å². The Hall–Kier alpha value is -2.60. The molecule has 3 aromatic rings. The van der Waals surface area contributed by atoms with Crippen molar-refractivity contribution in [1.82, 2.24) is 24.2 Å². The minimum atomic E-state index is -0.0107. The summed E-state index contributed by atoms with van der Waals surface area (Å²) in [7, 11) is 1.83. The quantitative estimate of drug-likeness (QED) is 0.710. The average Bonchev–Trinajstić information content (AvgIpc) is 3.12. The first kappa shape index (κ1) is 15.9. The van der Waals surface area contributed by atoms with Crippen LogP contribution in [0, 0.1) is 0 Å². The third-order valence-electron chi connectivity index (χ3n) is 4.45. The van der Waals surface area contributed by atoms with E-state index < -0.39 is 0 Å². The van der Waals surface area contributed by atoms with Gasteiger partial charge in [0.05, 0.1) is 11.6 Å². The van der Waals surface area contributed by atoms with Gasteiger partial charge in [0.25, 0.3) is 5.91 Å². The molecule has 0 spiro atoms. The van der Waals surface area contributed by atoms with Crippen LogP contribution in [0.25, 0.3) is 11.4 Å². The van der Waals surface area contributed by atoms with E-state index in [4.69, 9.17) is 11.6 Å². The maximum atomic E-state index is 12.7. The van der Waals surface area contributed by atoms with Crippen molar-refractivity contribution < 1.29 is 4.79 Å². The van der Waals surface area contributed by atoms with Gasteiger partial charge in [-0.2, -0.15) is 5.10 Å². The molecule has 0 fully saturated rings. The second-order valence-electron chi connectivity index (χ2n) is 6.14. The van der Waals surface area contributed by atoms with Crippen molar-refractivity contribution in [3.8, 4) is 11.4 Å². The van der Waals surface area contributed by atoms with Gasteiger partial charge in [-0.15, -0.1) is 0 Å². The van der Waals surface area contributed by atoms with E-state index in [1.165, 1.54) is 0 Å². The molecule has 0 saturated carbocycles. The molecule has 0 aliphatic carbocycles. The van der Waals surface area contributed by atoms with E-state index in [0.29, 0.717) is 36.8 Å². The number of nitrogens with zero attached hydrogens (tertiary/aromatic N) is 5. The molecule has 4 rings (SSSR count). The average molecular weight is 356 g/mol. The van der Waals surface area contributed by atoms with Crippen LogP contribution in [0.2, 0.25) is 5.02 Å². The van der Waals surface area contributed by atoms with E-state index in [1.807, 2.05) is 47.0 Å². The molecule has 0 atom stereocenters. The highest BCUT2D eigenvalue weighted by Gasteiger charge is 2.23. The highest BCUT2D eigenvalue weighted by molar-refractivity contribution is 6.31. The lowest BCUT2D eigenvalue weighted by Gasteiger charge is -2.20. The maximum absolute atomic E-state index is 12.7. The summed E-state index contributed by atoms with van der Waals surface area (Å²) < 4.78 is 3.67. The smallest absolute Gasteiger partial charge is 0.270 e. The molecule has 0 radical (unpaired) electrons. The Labute approximate surface area is 150 Å². The Bertz CT molecular complexity index is 889. The van der Waals surface area contributed by atoms with Crippen LogP contribution in [0.3, 0.4) is 0 Å². The molecule has 1 amide bonds. The molecule has 0 N–H and O–H groups in total. The number of hydrogen-bond donors (Lipinski definition) is 0. The van der Waals surface area contributed by atoms with Crippen LogP contribution in [-0.2, 0) is 20.0 Å². The van der Waals surface area contributed by atoms with Crippen molar-refractivity contribution in [2.75, 3.05) is 13.1 Å². The van der Waals surface area contributed by atoms with Gasteiger partial charge >= 0.3 is 0 Å². The highest BCUT2D eigenvalue weighted by atomic mass is 35.5. The second kappa shape index (κ2) is 6.37. The molecule has 7 heteroatoms. The van der Waals surface area contributed by atoms with Crippen molar-refractivity contribution in [3.05, 3.63) is 59.1 Å². The molecular weight excluding hydrogens is 338 g/mol. The molecule has 1 aliphatic heterocycles. The van der Waals surface area contributed by atoms with Gasteiger partial charge in [-0.25, -0.2) is 9.67 Å². The summed E-state index contributed by atoms with van der Waals surface area (Å²) in [6, 6.07) is 11.7. The number of hydrogen-bond acceptors (Lipinski definition) is 3. The van der Waals surface area contributed by atoms with Gasteiger partial charge in [0.15, 0.2) is 5.82 Å². The maximum Gasteiger partial charge on any atom is 0.270 e. The molecule has 1 aliphatic rings. The lowest BCUT2D eigenvalue weighted by molar-refractivity contribution is 0.0748. The van der Waals surface area contributed by atoms with Crippen molar-refractivity contribution >= 4 is 17.5 Å². The van der Waals surface area contributed by atoms with E-state index >= 15 is 0 Å². The predicted molar refractivity (Wildman–Crippen MR) is 95.5 cm³/mol. The molecule has 0 saturated heterocycles. The van der Waals surface area contributed by atoms with Crippen molar-refractivity contribution in [2.45, 2.75) is 13.0 Å². The Morgan fingerprint density at radius 2 is 1.96 bits per heavy atom. The van der Waals surface area contributed by atoms with Crippen LogP contribution in [0.5, 0.6) is 0 Å². The largest absolute Gasteiger partial charge is 0.345 e. The molecule has 0 unspecified atom stereocenters. The van der Waals surface area contributed by atoms with Gasteiger partial charge in [0, 0.05) is 38.3 Å². The number of aromatic nitrogens is 4. The fraction of sp³-hybridized carbons (Fsp3) is 0.278. The minimum absolute atomic E-state index is 0.0107. The van der Waals surface area contributed by atoms with E-state index in [9.17, 15) is 4.79 Å². The van der Waals surface area contributed by atoms with E-state index in [1.54, 1.807) is 16.8 Å². The normalized spacial score (nSPS) is 14.2. The number of carbonyl (C=O) groups excluding carboxylic acids is 1. The zero-order valence-corrected chi connectivity index (χ0v) is 14.6. The minimum Gasteiger partial charge on any atom is -0.345 e. The predicted octanol–water partition coefficient (Wildman–Crippen LogP) is 2.64. The van der Waals surface area contributed by atoms with E-state index in [0.717, 1.165) is 17.2 Å². The van der Waals surface area contributed by atoms with Crippen LogP contribution in [0.15, 0.2) is 42.6 Å². The summed E-state index contributed by atoms with van der Waals surface area (Å²) in [4.78, 5) is 19.2. The number of amides is 1. The number of fused-ring (bicyclic) bond motifs is 1. The van der Waals surface area contributed by atoms with Gasteiger partial charge in [0.1, 0.15) is 11.5 Å². The zero-order valence-electron chi connectivity index (χ0n) is 13.9. The summed E-state index contributed by atoms with van der Waals surface area (Å²) in [6.07, 6.45) is 2.43. The monoisotopic (exact) mass is 355 g/mol. The SMILES string of the molecule is Cn1cc(Cl)cc1C(=O)N1CCc2nc(-c3ccccc3)nn2CC1. The van der Waals surface area contributed by atoms with Crippen LogP contribution in [-0.4, -0.2) is 43.2 Å². The Morgan fingerprint density at radius 1 is 1.16 bits per heavy atom. The third-order valence-corrected chi connectivity index (χ3v) is 4.65. The summed E-state index contributed by atoms with van der Waals surface area (Å²) >= 11 is 6.00. The first-order valence-electron chi connectivity index (χ1n) is 8.22. The lowest BCUT2D eigenvalue weighted by atomic mass is 10.2. The zero-order chi connectivity index (χ0) is 17.4. The topological polar surface area (TPSA) is 56.0 Å². The molecule has 0 bridgehead atoms. The van der Waals surface area contributed by atoms with Crippen molar-refractivity contribution in [2.24, 2.45) is 7.05 Å². The Kier molecular flexibility index (Phi) is 4.05. The number of carbonyl (C=O) groups is 1. The first-order valence-corrected chi connectivity index (χ1v) is 8.60. The fourth-order valence-electron chi connectivity index (χ4n) is 3.11. The number of aryl methyl sites for hydroxylation is 1. The highest BCUT2D eigenvalue weighted by Crippen LogP contribution is 2.19. The molecule has 25 heavy (non-hydrogen) atoms. The van der Waals surface area contributed by atoms with E-state index in [2.05, 4.69) is 10.1 Å². The van der Waals surface area contributed by atoms with Crippen LogP contribution in [0.4, 0.5) is 0 Å². The standard InChI is InChI=1S/C18H18ClN5O/c1-22-12-14(19)11-15(22)18(25)23-8-7-16-20-17(21-24(16)10-9-23)13-5-3-2-4-6-13/h2-6,11-12H,7-10H2,1H3. The number of benzene rings is 1. The van der Waals surface area contributed by atoms with Gasteiger partial charge in [-0.3, -0.25) is 4.79 Å². The molecular formula is C18H18ClN5O. The van der Waals surface area contributed by atoms with Gasteiger partial charge in [-0.05, 0) is 6.07 Å². The van der Waals surface area contributed by atoms with Crippen LogP contribution in [0.1, 0.15) is 16.3 Å². The molecule has 1 aromatic carbocycles. The molecule has 3 heterocycles. The molecule has 6 nitrogen and oxygen atoms in total. The third kappa shape index (κ3) is 3.05. The van der Waals surface area contributed by atoms with Gasteiger partial charge in [0.2, 0.25) is 0 Å². The summed E-state index contributed by atoms with van der Waals surface area (Å²) in [6.45, 7) is 1.86. The van der Waals surface area contributed by atoms with Crippen molar-refractivity contribution in [3.63, 3.8) is 0 Å². The Balaban J connectivity index is 1.52. The van der Waals surface area contributed by atoms with Crippen LogP contribution < -0.4 is 0 Å². The molecule has 2 aromatic heterocycles. The van der Waals surface area contributed by atoms with Gasteiger partial charge < -0.3 is 9.47 Å². The number of rotatable bonds is 2. The summed E-state index contributed by atoms with van der Waals surface area (Å²) in [5.41, 5.74) is 1.61. The first-order chi connectivity index (χ1) is 12.1. The lowest BCUT2D eigenvalue weighted by Crippen LogP contribution is -2.34. The fourth-order valence-corrected chi connectivity index (χ4v) is 3.36. The summed E-state index contributed by atoms with van der Waals surface area (Å²) in [5, 5.41) is 5.18. The number of halogens is 1. The summed E-state index contributed by atoms with van der Waals surface area (Å²) in [5.74, 6) is 1.65.